The molecular formula is C14H19N3O. The SMILES string of the molecule is COC(C)Cc1ccccc1-c1cc(N)n(C)n1. The zero-order chi connectivity index (χ0) is 13.1. The molecule has 0 bridgehead atoms. The number of aromatic nitrogens is 2. The maximum Gasteiger partial charge on any atom is 0.121 e. The number of rotatable bonds is 4. The minimum absolute atomic E-state index is 0.187. The summed E-state index contributed by atoms with van der Waals surface area (Å²) in [6.07, 6.45) is 1.05. The lowest BCUT2D eigenvalue weighted by atomic mass is 10.00. The largest absolute Gasteiger partial charge is 0.384 e. The third kappa shape index (κ3) is 2.54. The number of hydrogen-bond donors (Lipinski definition) is 1. The minimum atomic E-state index is 0.187. The molecule has 0 aliphatic carbocycles. The maximum absolute atomic E-state index is 5.83. The van der Waals surface area contributed by atoms with Gasteiger partial charge in [0.05, 0.1) is 11.8 Å². The second-order valence-electron chi connectivity index (χ2n) is 4.49. The molecule has 2 N–H and O–H groups in total. The fourth-order valence-corrected chi connectivity index (χ4v) is 1.95. The lowest BCUT2D eigenvalue weighted by Crippen LogP contribution is -2.09. The zero-order valence-electron chi connectivity index (χ0n) is 11.1. The van der Waals surface area contributed by atoms with Crippen LogP contribution < -0.4 is 5.73 Å². The van der Waals surface area contributed by atoms with Crippen molar-refractivity contribution in [3.8, 4) is 11.3 Å². The predicted octanol–water partition coefficient (Wildman–Crippen LogP) is 2.25. The van der Waals surface area contributed by atoms with Crippen molar-refractivity contribution in [1.82, 2.24) is 9.78 Å². The van der Waals surface area contributed by atoms with Crippen LogP contribution in [0.3, 0.4) is 0 Å². The summed E-state index contributed by atoms with van der Waals surface area (Å²) >= 11 is 0. The summed E-state index contributed by atoms with van der Waals surface area (Å²) in [6.45, 7) is 2.06. The van der Waals surface area contributed by atoms with Gasteiger partial charge in [-0.2, -0.15) is 5.10 Å². The second-order valence-corrected chi connectivity index (χ2v) is 4.49. The summed E-state index contributed by atoms with van der Waals surface area (Å²) in [7, 11) is 3.57. The Hall–Kier alpha value is -1.81. The smallest absolute Gasteiger partial charge is 0.121 e. The molecule has 0 aliphatic heterocycles. The quantitative estimate of drug-likeness (QED) is 0.898. The van der Waals surface area contributed by atoms with Gasteiger partial charge in [-0.3, -0.25) is 4.68 Å². The highest BCUT2D eigenvalue weighted by Gasteiger charge is 2.11. The van der Waals surface area contributed by atoms with Gasteiger partial charge < -0.3 is 10.5 Å². The summed E-state index contributed by atoms with van der Waals surface area (Å²) in [5.41, 5.74) is 9.09. The average Bonchev–Trinajstić information content (AvgIpc) is 2.70. The van der Waals surface area contributed by atoms with Crippen LogP contribution >= 0.6 is 0 Å². The number of methoxy groups -OCH3 is 1. The number of nitrogen functional groups attached to an aromatic ring is 1. The number of aryl methyl sites for hydroxylation is 1. The Morgan fingerprint density at radius 2 is 2.11 bits per heavy atom. The minimum Gasteiger partial charge on any atom is -0.384 e. The van der Waals surface area contributed by atoms with Gasteiger partial charge >= 0.3 is 0 Å². The molecule has 1 aromatic carbocycles. The number of anilines is 1. The number of benzene rings is 1. The van der Waals surface area contributed by atoms with Gasteiger partial charge in [-0.1, -0.05) is 24.3 Å². The van der Waals surface area contributed by atoms with E-state index < -0.39 is 0 Å². The molecule has 18 heavy (non-hydrogen) atoms. The van der Waals surface area contributed by atoms with Gasteiger partial charge in [0.2, 0.25) is 0 Å². The summed E-state index contributed by atoms with van der Waals surface area (Å²) in [5, 5.41) is 4.43. The molecule has 1 atom stereocenters. The molecule has 0 amide bonds. The van der Waals surface area contributed by atoms with E-state index in [1.54, 1.807) is 11.8 Å². The molecule has 1 aromatic heterocycles. The van der Waals surface area contributed by atoms with Crippen LogP contribution in [0.1, 0.15) is 12.5 Å². The Kier molecular flexibility index (Phi) is 3.67. The van der Waals surface area contributed by atoms with Crippen molar-refractivity contribution in [2.45, 2.75) is 19.4 Å². The molecule has 1 heterocycles. The first kappa shape index (κ1) is 12.6. The lowest BCUT2D eigenvalue weighted by molar-refractivity contribution is 0.119. The third-order valence-corrected chi connectivity index (χ3v) is 3.12. The number of nitrogens with two attached hydrogens (primary N) is 1. The molecule has 0 saturated carbocycles. The van der Waals surface area contributed by atoms with E-state index in [1.807, 2.05) is 25.2 Å². The first-order valence-electron chi connectivity index (χ1n) is 6.02. The van der Waals surface area contributed by atoms with Crippen LogP contribution in [0.4, 0.5) is 5.82 Å². The highest BCUT2D eigenvalue weighted by molar-refractivity contribution is 5.66. The summed E-state index contributed by atoms with van der Waals surface area (Å²) in [5.74, 6) is 0.666. The molecule has 4 heteroatoms. The molecular weight excluding hydrogens is 226 g/mol. The Morgan fingerprint density at radius 1 is 1.39 bits per heavy atom. The average molecular weight is 245 g/mol. The molecule has 2 rings (SSSR count). The fourth-order valence-electron chi connectivity index (χ4n) is 1.95. The standard InChI is InChI=1S/C14H19N3O/c1-10(18-3)8-11-6-4-5-7-12(11)13-9-14(15)17(2)16-13/h4-7,9-10H,8,15H2,1-3H3. The molecule has 1 unspecified atom stereocenters. The molecule has 0 saturated heterocycles. The molecule has 0 fully saturated rings. The molecule has 0 spiro atoms. The Bertz CT molecular complexity index is 514. The van der Waals surface area contributed by atoms with Crippen LogP contribution in [0.25, 0.3) is 11.3 Å². The van der Waals surface area contributed by atoms with Crippen molar-refractivity contribution in [1.29, 1.82) is 0 Å². The van der Waals surface area contributed by atoms with E-state index in [0.717, 1.165) is 17.7 Å². The molecule has 2 aromatic rings. The third-order valence-electron chi connectivity index (χ3n) is 3.12. The van der Waals surface area contributed by atoms with E-state index in [4.69, 9.17) is 10.5 Å². The van der Waals surface area contributed by atoms with Crippen molar-refractivity contribution < 1.29 is 4.74 Å². The number of hydrogen-bond acceptors (Lipinski definition) is 3. The first-order valence-corrected chi connectivity index (χ1v) is 6.02. The van der Waals surface area contributed by atoms with Crippen molar-refractivity contribution in [2.24, 2.45) is 7.05 Å². The molecule has 0 radical (unpaired) electrons. The van der Waals surface area contributed by atoms with Crippen LogP contribution in [0.15, 0.2) is 30.3 Å². The fraction of sp³-hybridized carbons (Fsp3) is 0.357. The summed E-state index contributed by atoms with van der Waals surface area (Å²) in [6, 6.07) is 10.1. The van der Waals surface area contributed by atoms with Crippen LogP contribution in [-0.2, 0) is 18.2 Å². The Balaban J connectivity index is 2.38. The van der Waals surface area contributed by atoms with E-state index in [1.165, 1.54) is 5.56 Å². The van der Waals surface area contributed by atoms with E-state index in [0.29, 0.717) is 5.82 Å². The zero-order valence-corrected chi connectivity index (χ0v) is 11.1. The van der Waals surface area contributed by atoms with Gasteiger partial charge in [0.1, 0.15) is 5.82 Å². The normalized spacial score (nSPS) is 12.6. The van der Waals surface area contributed by atoms with Gasteiger partial charge in [0.15, 0.2) is 0 Å². The van der Waals surface area contributed by atoms with Gasteiger partial charge in [-0.05, 0) is 18.9 Å². The maximum atomic E-state index is 5.83. The molecule has 0 aliphatic rings. The lowest BCUT2D eigenvalue weighted by Gasteiger charge is -2.12. The second kappa shape index (κ2) is 5.23. The van der Waals surface area contributed by atoms with Gasteiger partial charge in [0.25, 0.3) is 0 Å². The predicted molar refractivity (Wildman–Crippen MR) is 73.2 cm³/mol. The Labute approximate surface area is 107 Å². The van der Waals surface area contributed by atoms with Crippen molar-refractivity contribution in [3.63, 3.8) is 0 Å². The highest BCUT2D eigenvalue weighted by atomic mass is 16.5. The van der Waals surface area contributed by atoms with E-state index in [2.05, 4.69) is 24.2 Å². The van der Waals surface area contributed by atoms with Gasteiger partial charge in [-0.25, -0.2) is 0 Å². The number of ether oxygens (including phenoxy) is 1. The van der Waals surface area contributed by atoms with Crippen molar-refractivity contribution in [2.75, 3.05) is 12.8 Å². The molecule has 4 nitrogen and oxygen atoms in total. The van der Waals surface area contributed by atoms with Crippen molar-refractivity contribution in [3.05, 3.63) is 35.9 Å². The monoisotopic (exact) mass is 245 g/mol. The van der Waals surface area contributed by atoms with Gasteiger partial charge in [0, 0.05) is 25.8 Å². The van der Waals surface area contributed by atoms with Crippen LogP contribution in [0, 0.1) is 0 Å². The van der Waals surface area contributed by atoms with E-state index in [-0.39, 0.29) is 6.10 Å². The summed E-state index contributed by atoms with van der Waals surface area (Å²) < 4.78 is 7.01. The van der Waals surface area contributed by atoms with Crippen LogP contribution in [-0.4, -0.2) is 23.0 Å². The van der Waals surface area contributed by atoms with E-state index >= 15 is 0 Å². The van der Waals surface area contributed by atoms with Crippen LogP contribution in [0.5, 0.6) is 0 Å². The topological polar surface area (TPSA) is 53.1 Å². The van der Waals surface area contributed by atoms with Crippen molar-refractivity contribution >= 4 is 5.82 Å². The highest BCUT2D eigenvalue weighted by Crippen LogP contribution is 2.25. The molecule has 96 valence electrons. The van der Waals surface area contributed by atoms with Crippen LogP contribution in [0.2, 0.25) is 0 Å². The number of nitrogens with zero attached hydrogens (tertiary/aromatic N) is 2. The van der Waals surface area contributed by atoms with Gasteiger partial charge in [-0.15, -0.1) is 0 Å². The first-order chi connectivity index (χ1) is 8.61. The van der Waals surface area contributed by atoms with E-state index in [9.17, 15) is 0 Å². The summed E-state index contributed by atoms with van der Waals surface area (Å²) in [4.78, 5) is 0. The Morgan fingerprint density at radius 3 is 2.72 bits per heavy atom.